The van der Waals surface area contributed by atoms with Gasteiger partial charge in [0.05, 0.1) is 6.20 Å². The van der Waals surface area contributed by atoms with E-state index >= 15 is 0 Å². The van der Waals surface area contributed by atoms with Crippen molar-refractivity contribution in [2.45, 2.75) is 32.4 Å². The zero-order chi connectivity index (χ0) is 13.4. The lowest BCUT2D eigenvalue weighted by Crippen LogP contribution is -2.19. The number of hydrogen-bond acceptors (Lipinski definition) is 3. The highest BCUT2D eigenvalue weighted by atomic mass is 19.1. The van der Waals surface area contributed by atoms with Gasteiger partial charge in [-0.1, -0.05) is 0 Å². The molecule has 0 N–H and O–H groups in total. The molecule has 3 rings (SSSR count). The van der Waals surface area contributed by atoms with Gasteiger partial charge < -0.3 is 4.74 Å². The van der Waals surface area contributed by atoms with Gasteiger partial charge in [-0.15, -0.1) is 0 Å². The molecule has 1 atom stereocenters. The average molecular weight is 262 g/mol. The number of benzene rings is 1. The predicted octanol–water partition coefficient (Wildman–Crippen LogP) is 3.00. The minimum absolute atomic E-state index is 0.233. The molecule has 2 aromatic rings. The fourth-order valence-electron chi connectivity index (χ4n) is 2.64. The lowest BCUT2D eigenvalue weighted by molar-refractivity contribution is -0.0369. The Labute approximate surface area is 110 Å². The van der Waals surface area contributed by atoms with Crippen LogP contribution in [0.15, 0.2) is 12.3 Å². The number of rotatable bonds is 2. The second-order valence-electron chi connectivity index (χ2n) is 4.88. The third-order valence-corrected chi connectivity index (χ3v) is 3.63. The highest BCUT2D eigenvalue weighted by Crippen LogP contribution is 2.30. The standard InChI is InChI=1S/C14H15FN2O2/c1-9-6-12(15)14-10(11(9)8-18)7-16-17(14)13-4-2-3-5-19-13/h6-8,13H,2-5H2,1H3. The highest BCUT2D eigenvalue weighted by Gasteiger charge is 2.22. The van der Waals surface area contributed by atoms with E-state index in [9.17, 15) is 9.18 Å². The highest BCUT2D eigenvalue weighted by molar-refractivity contribution is 5.98. The third kappa shape index (κ3) is 1.94. The van der Waals surface area contributed by atoms with Gasteiger partial charge in [-0.2, -0.15) is 5.10 Å². The first-order valence-corrected chi connectivity index (χ1v) is 6.45. The molecule has 1 aromatic carbocycles. The summed E-state index contributed by atoms with van der Waals surface area (Å²) in [6.45, 7) is 2.39. The maximum Gasteiger partial charge on any atom is 0.151 e. The zero-order valence-corrected chi connectivity index (χ0v) is 10.7. The number of aldehydes is 1. The maximum absolute atomic E-state index is 14.2. The number of fused-ring (bicyclic) bond motifs is 1. The Morgan fingerprint density at radius 1 is 1.53 bits per heavy atom. The molecule has 5 heteroatoms. The Bertz CT molecular complexity index is 630. The van der Waals surface area contributed by atoms with Crippen LogP contribution in [-0.2, 0) is 4.74 Å². The molecule has 0 saturated carbocycles. The van der Waals surface area contributed by atoms with Gasteiger partial charge in [0, 0.05) is 17.6 Å². The molecule has 1 aliphatic rings. The summed E-state index contributed by atoms with van der Waals surface area (Å²) in [4.78, 5) is 11.1. The number of hydrogen-bond donors (Lipinski definition) is 0. The minimum Gasteiger partial charge on any atom is -0.356 e. The van der Waals surface area contributed by atoms with Crippen LogP contribution in [0.4, 0.5) is 4.39 Å². The van der Waals surface area contributed by atoms with Gasteiger partial charge in [-0.05, 0) is 37.8 Å². The SMILES string of the molecule is Cc1cc(F)c2c(cnn2C2CCCCO2)c1C=O. The summed E-state index contributed by atoms with van der Waals surface area (Å²) in [6, 6.07) is 1.38. The Kier molecular flexibility index (Phi) is 3.06. The van der Waals surface area contributed by atoms with Crippen molar-refractivity contribution in [3.05, 3.63) is 29.2 Å². The molecule has 0 aliphatic carbocycles. The smallest absolute Gasteiger partial charge is 0.151 e. The first-order chi connectivity index (χ1) is 9.22. The quantitative estimate of drug-likeness (QED) is 0.781. The van der Waals surface area contributed by atoms with E-state index in [1.165, 1.54) is 6.07 Å². The molecule has 1 aliphatic heterocycles. The van der Waals surface area contributed by atoms with Crippen molar-refractivity contribution in [3.63, 3.8) is 0 Å². The van der Waals surface area contributed by atoms with Crippen molar-refractivity contribution in [3.8, 4) is 0 Å². The van der Waals surface area contributed by atoms with Crippen LogP contribution in [0.2, 0.25) is 0 Å². The zero-order valence-electron chi connectivity index (χ0n) is 10.7. The lowest BCUT2D eigenvalue weighted by Gasteiger charge is -2.23. The van der Waals surface area contributed by atoms with Crippen LogP contribution in [0, 0.1) is 12.7 Å². The van der Waals surface area contributed by atoms with Gasteiger partial charge >= 0.3 is 0 Å². The van der Waals surface area contributed by atoms with E-state index in [-0.39, 0.29) is 12.0 Å². The Balaban J connectivity index is 2.19. The van der Waals surface area contributed by atoms with Crippen molar-refractivity contribution in [1.29, 1.82) is 0 Å². The molecule has 0 amide bonds. The summed E-state index contributed by atoms with van der Waals surface area (Å²) < 4.78 is 21.4. The summed E-state index contributed by atoms with van der Waals surface area (Å²) >= 11 is 0. The van der Waals surface area contributed by atoms with Crippen LogP contribution in [0.5, 0.6) is 0 Å². The number of carbonyl (C=O) groups excluding carboxylic acids is 1. The molecule has 1 aromatic heterocycles. The van der Waals surface area contributed by atoms with Gasteiger partial charge in [0.15, 0.2) is 12.5 Å². The van der Waals surface area contributed by atoms with E-state index in [0.717, 1.165) is 25.5 Å². The van der Waals surface area contributed by atoms with Crippen LogP contribution < -0.4 is 0 Å². The van der Waals surface area contributed by atoms with Crippen LogP contribution in [0.3, 0.4) is 0 Å². The van der Waals surface area contributed by atoms with Gasteiger partial charge in [-0.3, -0.25) is 4.79 Å². The lowest BCUT2D eigenvalue weighted by atomic mass is 10.1. The number of carbonyl (C=O) groups is 1. The van der Waals surface area contributed by atoms with Gasteiger partial charge in [0.2, 0.25) is 0 Å². The number of aryl methyl sites for hydroxylation is 1. The van der Waals surface area contributed by atoms with E-state index in [0.29, 0.717) is 28.6 Å². The second-order valence-corrected chi connectivity index (χ2v) is 4.88. The van der Waals surface area contributed by atoms with Gasteiger partial charge in [0.25, 0.3) is 0 Å². The molecular weight excluding hydrogens is 247 g/mol. The summed E-state index contributed by atoms with van der Waals surface area (Å²) in [5.41, 5.74) is 1.49. The average Bonchev–Trinajstić information content (AvgIpc) is 2.85. The third-order valence-electron chi connectivity index (χ3n) is 3.63. The monoisotopic (exact) mass is 262 g/mol. The summed E-state index contributed by atoms with van der Waals surface area (Å²) in [6.07, 6.45) is 4.96. The molecule has 1 unspecified atom stereocenters. The molecule has 1 fully saturated rings. The fraction of sp³-hybridized carbons (Fsp3) is 0.429. The van der Waals surface area contributed by atoms with E-state index < -0.39 is 0 Å². The Hall–Kier alpha value is -1.75. The fourth-order valence-corrected chi connectivity index (χ4v) is 2.64. The topological polar surface area (TPSA) is 44.1 Å². The molecule has 2 heterocycles. The largest absolute Gasteiger partial charge is 0.356 e. The van der Waals surface area contributed by atoms with Crippen molar-refractivity contribution < 1.29 is 13.9 Å². The van der Waals surface area contributed by atoms with Crippen molar-refractivity contribution in [1.82, 2.24) is 9.78 Å². The summed E-state index contributed by atoms with van der Waals surface area (Å²) in [7, 11) is 0. The molecule has 100 valence electrons. The molecule has 0 spiro atoms. The van der Waals surface area contributed by atoms with E-state index in [1.54, 1.807) is 17.8 Å². The minimum atomic E-state index is -0.357. The molecule has 19 heavy (non-hydrogen) atoms. The normalized spacial score (nSPS) is 19.8. The second kappa shape index (κ2) is 4.74. The molecule has 0 bridgehead atoms. The summed E-state index contributed by atoms with van der Waals surface area (Å²) in [5.74, 6) is -0.357. The molecular formula is C14H15FN2O2. The van der Waals surface area contributed by atoms with E-state index in [1.807, 2.05) is 0 Å². The van der Waals surface area contributed by atoms with Crippen molar-refractivity contribution >= 4 is 17.2 Å². The predicted molar refractivity (Wildman–Crippen MR) is 68.7 cm³/mol. The van der Waals surface area contributed by atoms with Crippen LogP contribution >= 0.6 is 0 Å². The first-order valence-electron chi connectivity index (χ1n) is 6.45. The van der Waals surface area contributed by atoms with Crippen LogP contribution in [0.1, 0.15) is 41.4 Å². The number of ether oxygens (including phenoxy) is 1. The number of aromatic nitrogens is 2. The molecule has 4 nitrogen and oxygen atoms in total. The van der Waals surface area contributed by atoms with E-state index in [4.69, 9.17) is 4.74 Å². The van der Waals surface area contributed by atoms with Gasteiger partial charge in [-0.25, -0.2) is 9.07 Å². The Morgan fingerprint density at radius 2 is 2.37 bits per heavy atom. The maximum atomic E-state index is 14.2. The molecule has 0 radical (unpaired) electrons. The number of halogens is 1. The van der Waals surface area contributed by atoms with Crippen molar-refractivity contribution in [2.75, 3.05) is 6.61 Å². The van der Waals surface area contributed by atoms with E-state index in [2.05, 4.69) is 5.10 Å². The Morgan fingerprint density at radius 3 is 3.05 bits per heavy atom. The number of nitrogens with zero attached hydrogens (tertiary/aromatic N) is 2. The molecule has 1 saturated heterocycles. The van der Waals surface area contributed by atoms with Gasteiger partial charge in [0.1, 0.15) is 11.3 Å². The van der Waals surface area contributed by atoms with Crippen LogP contribution in [-0.4, -0.2) is 22.7 Å². The summed E-state index contributed by atoms with van der Waals surface area (Å²) in [5, 5.41) is 4.78. The van der Waals surface area contributed by atoms with Crippen molar-refractivity contribution in [2.24, 2.45) is 0 Å². The first kappa shape index (κ1) is 12.3. The van der Waals surface area contributed by atoms with Crippen LogP contribution in [0.25, 0.3) is 10.9 Å².